The molecule has 18 heavy (non-hydrogen) atoms. The van der Waals surface area contributed by atoms with Gasteiger partial charge in [-0.1, -0.05) is 13.8 Å². The zero-order valence-corrected chi connectivity index (χ0v) is 11.2. The molecule has 1 unspecified atom stereocenters. The quantitative estimate of drug-likeness (QED) is 0.851. The normalized spacial score (nSPS) is 13.2. The summed E-state index contributed by atoms with van der Waals surface area (Å²) in [5.41, 5.74) is 8.13. The summed E-state index contributed by atoms with van der Waals surface area (Å²) < 4.78 is 1.89. The van der Waals surface area contributed by atoms with Crippen LogP contribution in [-0.2, 0) is 6.54 Å². The Kier molecular flexibility index (Phi) is 3.81. The first-order valence-corrected chi connectivity index (χ1v) is 6.43. The Labute approximate surface area is 107 Å². The fourth-order valence-corrected chi connectivity index (χ4v) is 1.97. The van der Waals surface area contributed by atoms with E-state index < -0.39 is 0 Å². The molecule has 2 heterocycles. The molecule has 2 aromatic rings. The molecule has 0 aromatic carbocycles. The van der Waals surface area contributed by atoms with Gasteiger partial charge in [0.25, 0.3) is 0 Å². The van der Waals surface area contributed by atoms with Crippen LogP contribution in [0.5, 0.6) is 0 Å². The minimum atomic E-state index is -0.0278. The number of hydrogen-bond acceptors (Lipinski definition) is 3. The third-order valence-corrected chi connectivity index (χ3v) is 2.94. The molecule has 0 spiro atoms. The van der Waals surface area contributed by atoms with Gasteiger partial charge in [0.1, 0.15) is 5.82 Å². The van der Waals surface area contributed by atoms with E-state index in [2.05, 4.69) is 35.8 Å². The minimum Gasteiger partial charge on any atom is -0.341 e. The monoisotopic (exact) mass is 247 g/mol. The average molecular weight is 247 g/mol. The number of nitrogens with one attached hydrogen (secondary N) is 1. The van der Waals surface area contributed by atoms with Gasteiger partial charge in [0.05, 0.1) is 24.1 Å². The summed E-state index contributed by atoms with van der Waals surface area (Å²) in [7, 11) is 0. The van der Waals surface area contributed by atoms with Gasteiger partial charge in [-0.15, -0.1) is 0 Å². The molecule has 0 radical (unpaired) electrons. The lowest BCUT2D eigenvalue weighted by Gasteiger charge is -2.10. The van der Waals surface area contributed by atoms with Gasteiger partial charge < -0.3 is 10.7 Å². The van der Waals surface area contributed by atoms with Crippen molar-refractivity contribution in [3.8, 4) is 11.3 Å². The highest BCUT2D eigenvalue weighted by Gasteiger charge is 2.13. The van der Waals surface area contributed by atoms with Crippen molar-refractivity contribution in [1.82, 2.24) is 19.7 Å². The summed E-state index contributed by atoms with van der Waals surface area (Å²) >= 11 is 0. The fourth-order valence-electron chi connectivity index (χ4n) is 1.97. The van der Waals surface area contributed by atoms with Crippen molar-refractivity contribution >= 4 is 0 Å². The first-order chi connectivity index (χ1) is 8.60. The number of rotatable bonds is 5. The molecule has 0 saturated carbocycles. The first-order valence-electron chi connectivity index (χ1n) is 6.43. The molecular weight excluding hydrogens is 226 g/mol. The van der Waals surface area contributed by atoms with Crippen molar-refractivity contribution in [2.45, 2.75) is 39.8 Å². The molecule has 3 N–H and O–H groups in total. The van der Waals surface area contributed by atoms with Gasteiger partial charge in [0, 0.05) is 18.3 Å². The van der Waals surface area contributed by atoms with E-state index in [-0.39, 0.29) is 6.04 Å². The number of H-pyrrole nitrogens is 1. The lowest BCUT2D eigenvalue weighted by atomic mass is 10.0. The van der Waals surface area contributed by atoms with Crippen LogP contribution in [0.15, 0.2) is 18.6 Å². The maximum Gasteiger partial charge on any atom is 0.123 e. The topological polar surface area (TPSA) is 72.5 Å². The number of nitrogens with zero attached hydrogens (tertiary/aromatic N) is 3. The number of aromatic nitrogens is 4. The third-order valence-electron chi connectivity index (χ3n) is 2.94. The van der Waals surface area contributed by atoms with E-state index in [0.717, 1.165) is 30.0 Å². The standard InChI is InChI=1S/C13H21N5/c1-4-18-8-10(6-16-18)12-7-15-13(17-12)11(14)5-9(2)3/h6-9,11H,4-5,14H2,1-3H3,(H,15,17). The van der Waals surface area contributed by atoms with Crippen LogP contribution in [0.2, 0.25) is 0 Å². The highest BCUT2D eigenvalue weighted by Crippen LogP contribution is 2.21. The molecule has 0 saturated heterocycles. The van der Waals surface area contributed by atoms with Crippen molar-refractivity contribution < 1.29 is 0 Å². The van der Waals surface area contributed by atoms with Crippen LogP contribution >= 0.6 is 0 Å². The zero-order valence-electron chi connectivity index (χ0n) is 11.2. The molecular formula is C13H21N5. The maximum atomic E-state index is 6.10. The average Bonchev–Trinajstić information content (AvgIpc) is 2.96. The molecule has 1 atom stereocenters. The summed E-state index contributed by atoms with van der Waals surface area (Å²) in [6, 6.07) is -0.0278. The molecule has 0 bridgehead atoms. The number of nitrogens with two attached hydrogens (primary N) is 1. The van der Waals surface area contributed by atoms with Crippen molar-refractivity contribution in [3.05, 3.63) is 24.4 Å². The maximum absolute atomic E-state index is 6.10. The number of imidazole rings is 1. The largest absolute Gasteiger partial charge is 0.341 e. The highest BCUT2D eigenvalue weighted by molar-refractivity contribution is 5.56. The fraction of sp³-hybridized carbons (Fsp3) is 0.538. The Morgan fingerprint density at radius 2 is 2.17 bits per heavy atom. The number of hydrogen-bond donors (Lipinski definition) is 2. The highest BCUT2D eigenvalue weighted by atomic mass is 15.3. The predicted molar refractivity (Wildman–Crippen MR) is 71.9 cm³/mol. The van der Waals surface area contributed by atoms with Crippen LogP contribution in [-0.4, -0.2) is 19.7 Å². The van der Waals surface area contributed by atoms with Crippen LogP contribution in [0.1, 0.15) is 39.1 Å². The molecule has 0 aliphatic carbocycles. The van der Waals surface area contributed by atoms with E-state index in [1.54, 1.807) is 0 Å². The van der Waals surface area contributed by atoms with Gasteiger partial charge in [0.15, 0.2) is 0 Å². The van der Waals surface area contributed by atoms with Crippen molar-refractivity contribution in [1.29, 1.82) is 0 Å². The third kappa shape index (κ3) is 2.79. The van der Waals surface area contributed by atoms with E-state index in [4.69, 9.17) is 5.73 Å². The van der Waals surface area contributed by atoms with Crippen LogP contribution in [0.4, 0.5) is 0 Å². The van der Waals surface area contributed by atoms with E-state index in [1.807, 2.05) is 23.3 Å². The Hall–Kier alpha value is -1.62. The summed E-state index contributed by atoms with van der Waals surface area (Å²) in [6.07, 6.45) is 6.60. The predicted octanol–water partition coefficient (Wildman–Crippen LogP) is 2.34. The van der Waals surface area contributed by atoms with E-state index >= 15 is 0 Å². The van der Waals surface area contributed by atoms with Crippen molar-refractivity contribution in [3.63, 3.8) is 0 Å². The SMILES string of the molecule is CCn1cc(-c2cnc(C(N)CC(C)C)[nH]2)cn1. The van der Waals surface area contributed by atoms with Gasteiger partial charge in [-0.25, -0.2) is 4.98 Å². The smallest absolute Gasteiger partial charge is 0.123 e. The van der Waals surface area contributed by atoms with Crippen molar-refractivity contribution in [2.24, 2.45) is 11.7 Å². The van der Waals surface area contributed by atoms with Gasteiger partial charge in [-0.2, -0.15) is 5.10 Å². The second kappa shape index (κ2) is 5.35. The molecule has 5 nitrogen and oxygen atoms in total. The van der Waals surface area contributed by atoms with Gasteiger partial charge in [-0.3, -0.25) is 4.68 Å². The molecule has 0 amide bonds. The molecule has 0 aliphatic rings. The van der Waals surface area contributed by atoms with Gasteiger partial charge >= 0.3 is 0 Å². The molecule has 5 heteroatoms. The number of aromatic amines is 1. The summed E-state index contributed by atoms with van der Waals surface area (Å²) in [5.74, 6) is 1.42. The summed E-state index contributed by atoms with van der Waals surface area (Å²) in [5, 5.41) is 4.25. The molecule has 2 aromatic heterocycles. The minimum absolute atomic E-state index is 0.0278. The summed E-state index contributed by atoms with van der Waals surface area (Å²) in [6.45, 7) is 7.26. The second-order valence-corrected chi connectivity index (χ2v) is 5.00. The van der Waals surface area contributed by atoms with Crippen molar-refractivity contribution in [2.75, 3.05) is 0 Å². The molecule has 0 aliphatic heterocycles. The van der Waals surface area contributed by atoms with E-state index in [9.17, 15) is 0 Å². The Bertz CT molecular complexity index is 497. The van der Waals surface area contributed by atoms with Crippen LogP contribution in [0.25, 0.3) is 11.3 Å². The van der Waals surface area contributed by atoms with Crippen LogP contribution < -0.4 is 5.73 Å². The van der Waals surface area contributed by atoms with Crippen LogP contribution in [0.3, 0.4) is 0 Å². The Morgan fingerprint density at radius 1 is 1.39 bits per heavy atom. The molecule has 98 valence electrons. The van der Waals surface area contributed by atoms with Crippen LogP contribution in [0, 0.1) is 5.92 Å². The Morgan fingerprint density at radius 3 is 2.78 bits per heavy atom. The van der Waals surface area contributed by atoms with Gasteiger partial charge in [-0.05, 0) is 19.3 Å². The summed E-state index contributed by atoms with van der Waals surface area (Å²) in [4.78, 5) is 7.65. The molecule has 0 fully saturated rings. The molecule has 2 rings (SSSR count). The lowest BCUT2D eigenvalue weighted by molar-refractivity contribution is 0.496. The zero-order chi connectivity index (χ0) is 13.1. The number of aryl methyl sites for hydroxylation is 1. The first kappa shape index (κ1) is 12.8. The second-order valence-electron chi connectivity index (χ2n) is 5.00. The van der Waals surface area contributed by atoms with Gasteiger partial charge in [0.2, 0.25) is 0 Å². The van der Waals surface area contributed by atoms with E-state index in [0.29, 0.717) is 5.92 Å². The van der Waals surface area contributed by atoms with E-state index in [1.165, 1.54) is 0 Å². The Balaban J connectivity index is 2.14. The lowest BCUT2D eigenvalue weighted by Crippen LogP contribution is -2.14.